The molecule has 10 atom stereocenters. The lowest BCUT2D eigenvalue weighted by Crippen LogP contribution is -2.79. The van der Waals surface area contributed by atoms with E-state index in [1.165, 1.54) is 6.92 Å². The van der Waals surface area contributed by atoms with E-state index in [1.54, 1.807) is 34.6 Å². The first-order chi connectivity index (χ1) is 20.4. The highest BCUT2D eigenvalue weighted by Crippen LogP contribution is 2.72. The van der Waals surface area contributed by atoms with E-state index < -0.39 is 93.9 Å². The fourth-order valence-electron chi connectivity index (χ4n) is 9.28. The Hall–Kier alpha value is -3.29. The summed E-state index contributed by atoms with van der Waals surface area (Å²) in [5, 5.41) is 34.0. The summed E-state index contributed by atoms with van der Waals surface area (Å²) in [5.74, 6) is -7.44. The number of Topliss-reactive ketones (excluding diaryl/α,β-unsaturated/α-hetero) is 1. The molecule has 44 heavy (non-hydrogen) atoms. The number of aliphatic hydroxyl groups is 3. The average molecular weight is 621 g/mol. The standard InChI is InChI=1S/C31H40O13/c1-8-15(28(4,5)44-14(3)32)9-19(34)43-22-24-30-12-41-31(24,27(39)40-7)25(37)21(36)23(30)29(6)11-17(33)20(35)13(2)16(29)10-18(30)42-26(22)38/h9,16,18,21-25,35-37H,8,10-12H2,1-7H3/b15-9+/t16-,18+,21+,22+,23+,24+,25-,29-,30+,31-/m0/s1. The first-order valence-corrected chi connectivity index (χ1v) is 14.8. The molecule has 0 aromatic carbocycles. The summed E-state index contributed by atoms with van der Waals surface area (Å²) < 4.78 is 28.2. The van der Waals surface area contributed by atoms with Crippen molar-refractivity contribution >= 4 is 29.7 Å². The fourth-order valence-corrected chi connectivity index (χ4v) is 9.28. The molecule has 3 N–H and O–H groups in total. The van der Waals surface area contributed by atoms with Crippen LogP contribution in [0.3, 0.4) is 0 Å². The van der Waals surface area contributed by atoms with Crippen LogP contribution in [0.15, 0.2) is 23.0 Å². The molecular formula is C31H40O13. The van der Waals surface area contributed by atoms with Crippen LogP contribution in [0.4, 0.5) is 0 Å². The van der Waals surface area contributed by atoms with Crippen molar-refractivity contribution in [1.82, 2.24) is 0 Å². The molecule has 0 unspecified atom stereocenters. The number of ketones is 1. The van der Waals surface area contributed by atoms with Gasteiger partial charge in [0, 0.05) is 30.8 Å². The Kier molecular flexibility index (Phi) is 7.58. The van der Waals surface area contributed by atoms with Crippen molar-refractivity contribution in [2.24, 2.45) is 28.6 Å². The number of fused-ring (bicyclic) bond motifs is 2. The predicted molar refractivity (Wildman–Crippen MR) is 147 cm³/mol. The van der Waals surface area contributed by atoms with Gasteiger partial charge in [0.05, 0.1) is 25.7 Å². The first kappa shape index (κ1) is 32.1. The van der Waals surface area contributed by atoms with E-state index >= 15 is 0 Å². The topological polar surface area (TPSA) is 192 Å². The maximum Gasteiger partial charge on any atom is 0.348 e. The van der Waals surface area contributed by atoms with Gasteiger partial charge in [-0.2, -0.15) is 0 Å². The third kappa shape index (κ3) is 4.11. The monoisotopic (exact) mass is 620 g/mol. The molecule has 13 heteroatoms. The Morgan fingerprint density at radius 2 is 1.82 bits per heavy atom. The van der Waals surface area contributed by atoms with Gasteiger partial charge in [0.25, 0.3) is 0 Å². The number of hydrogen-bond donors (Lipinski definition) is 3. The Morgan fingerprint density at radius 3 is 2.41 bits per heavy atom. The summed E-state index contributed by atoms with van der Waals surface area (Å²) in [4.78, 5) is 65.3. The second-order valence-corrected chi connectivity index (χ2v) is 13.4. The van der Waals surface area contributed by atoms with Crippen molar-refractivity contribution < 1.29 is 63.0 Å². The van der Waals surface area contributed by atoms with Crippen LogP contribution in [-0.2, 0) is 47.7 Å². The average Bonchev–Trinajstić information content (AvgIpc) is 3.24. The normalized spacial score (nSPS) is 41.3. The molecule has 5 aliphatic rings. The number of esters is 4. The number of rotatable bonds is 6. The zero-order valence-corrected chi connectivity index (χ0v) is 25.9. The molecule has 2 aliphatic heterocycles. The van der Waals surface area contributed by atoms with Gasteiger partial charge in [0.15, 0.2) is 11.5 Å². The van der Waals surface area contributed by atoms with Gasteiger partial charge in [-0.15, -0.1) is 0 Å². The number of methoxy groups -OCH3 is 1. The molecule has 0 aromatic rings. The zero-order valence-electron chi connectivity index (χ0n) is 25.9. The summed E-state index contributed by atoms with van der Waals surface area (Å²) in [6.07, 6.45) is -5.03. The quantitative estimate of drug-likeness (QED) is 0.218. The van der Waals surface area contributed by atoms with E-state index in [2.05, 4.69) is 0 Å². The lowest BCUT2D eigenvalue weighted by molar-refractivity contribution is -0.290. The van der Waals surface area contributed by atoms with E-state index in [-0.39, 0.29) is 31.6 Å². The third-order valence-corrected chi connectivity index (χ3v) is 10.9. The molecule has 3 aliphatic carbocycles. The van der Waals surface area contributed by atoms with Gasteiger partial charge in [0.2, 0.25) is 11.7 Å². The predicted octanol–water partition coefficient (Wildman–Crippen LogP) is 1.23. The number of allylic oxidation sites excluding steroid dienone is 2. The van der Waals surface area contributed by atoms with Crippen LogP contribution in [-0.4, -0.2) is 94.3 Å². The number of carbonyl (C=O) groups excluding carboxylic acids is 5. The Bertz CT molecular complexity index is 1380. The van der Waals surface area contributed by atoms with Crippen LogP contribution in [0.5, 0.6) is 0 Å². The second kappa shape index (κ2) is 10.4. The Balaban J connectivity index is 1.65. The maximum absolute atomic E-state index is 13.7. The summed E-state index contributed by atoms with van der Waals surface area (Å²) in [5.41, 5.74) is -5.19. The highest BCUT2D eigenvalue weighted by Gasteiger charge is 2.85. The van der Waals surface area contributed by atoms with Crippen LogP contribution >= 0.6 is 0 Å². The van der Waals surface area contributed by atoms with E-state index in [0.717, 1.165) is 13.2 Å². The number of hydrogen-bond acceptors (Lipinski definition) is 13. The molecule has 242 valence electrons. The molecule has 2 heterocycles. The van der Waals surface area contributed by atoms with Gasteiger partial charge in [-0.25, -0.2) is 14.4 Å². The van der Waals surface area contributed by atoms with Crippen molar-refractivity contribution in [2.75, 3.05) is 13.7 Å². The molecule has 1 spiro atoms. The summed E-state index contributed by atoms with van der Waals surface area (Å²) in [6, 6.07) is 0. The molecule has 0 aromatic heterocycles. The summed E-state index contributed by atoms with van der Waals surface area (Å²) in [6.45, 7) is 9.25. The maximum atomic E-state index is 13.7. The molecule has 0 radical (unpaired) electrons. The first-order valence-electron chi connectivity index (χ1n) is 14.8. The van der Waals surface area contributed by atoms with E-state index in [4.69, 9.17) is 23.7 Å². The van der Waals surface area contributed by atoms with Crippen LogP contribution in [0, 0.1) is 28.6 Å². The fraction of sp³-hybridized carbons (Fsp3) is 0.710. The number of aliphatic hydroxyl groups excluding tert-OH is 3. The van der Waals surface area contributed by atoms with E-state index in [1.807, 2.05) is 0 Å². The second-order valence-electron chi connectivity index (χ2n) is 13.4. The largest absolute Gasteiger partial charge is 0.504 e. The minimum Gasteiger partial charge on any atom is -0.504 e. The van der Waals surface area contributed by atoms with Gasteiger partial charge in [-0.3, -0.25) is 9.59 Å². The van der Waals surface area contributed by atoms with Gasteiger partial charge in [0.1, 0.15) is 17.8 Å². The van der Waals surface area contributed by atoms with Gasteiger partial charge in [-0.1, -0.05) is 13.8 Å². The van der Waals surface area contributed by atoms with Crippen LogP contribution < -0.4 is 0 Å². The lowest BCUT2D eigenvalue weighted by atomic mass is 9.38. The molecule has 2 bridgehead atoms. The van der Waals surface area contributed by atoms with Crippen molar-refractivity contribution in [2.45, 2.75) is 96.4 Å². The van der Waals surface area contributed by atoms with Gasteiger partial charge >= 0.3 is 23.9 Å². The number of carbonyl (C=O) groups is 5. The zero-order chi connectivity index (χ0) is 32.7. The Morgan fingerprint density at radius 1 is 1.16 bits per heavy atom. The minimum absolute atomic E-state index is 0.124. The molecule has 2 saturated heterocycles. The Labute approximate surface area is 254 Å². The smallest absolute Gasteiger partial charge is 0.348 e. The summed E-state index contributed by atoms with van der Waals surface area (Å²) >= 11 is 0. The molecule has 13 nitrogen and oxygen atoms in total. The highest BCUT2D eigenvalue weighted by atomic mass is 16.6. The van der Waals surface area contributed by atoms with Crippen molar-refractivity contribution in [3.63, 3.8) is 0 Å². The van der Waals surface area contributed by atoms with E-state index in [9.17, 15) is 39.3 Å². The molecule has 2 saturated carbocycles. The van der Waals surface area contributed by atoms with Gasteiger partial charge in [-0.05, 0) is 56.1 Å². The molecule has 5 rings (SSSR count). The molecular weight excluding hydrogens is 580 g/mol. The third-order valence-electron chi connectivity index (χ3n) is 10.9. The van der Waals surface area contributed by atoms with E-state index in [0.29, 0.717) is 11.1 Å². The van der Waals surface area contributed by atoms with Crippen molar-refractivity contribution in [3.8, 4) is 0 Å². The highest BCUT2D eigenvalue weighted by molar-refractivity contribution is 5.95. The van der Waals surface area contributed by atoms with Crippen LogP contribution in [0.25, 0.3) is 0 Å². The van der Waals surface area contributed by atoms with Gasteiger partial charge < -0.3 is 39.0 Å². The molecule has 4 fully saturated rings. The van der Waals surface area contributed by atoms with Crippen LogP contribution in [0.1, 0.15) is 60.8 Å². The van der Waals surface area contributed by atoms with Crippen LogP contribution in [0.2, 0.25) is 0 Å². The minimum atomic E-state index is -2.31. The summed E-state index contributed by atoms with van der Waals surface area (Å²) in [7, 11) is 1.07. The van der Waals surface area contributed by atoms with Crippen molar-refractivity contribution in [1.29, 1.82) is 0 Å². The lowest BCUT2D eigenvalue weighted by Gasteiger charge is -2.67. The molecule has 0 amide bonds. The number of ether oxygens (including phenoxy) is 5. The SMILES string of the molecule is CC/C(=C\C(=O)O[C@H]1C(=O)O[C@@H]2C[C@H]3C(C)=C(O)C(=O)C[C@]3(C)[C@H]3[C@@H](O)[C@H](O)[C@@]4(C(=O)OC)OC[C@]32[C@@H]14)C(C)(C)OC(C)=O. The van der Waals surface area contributed by atoms with Crippen molar-refractivity contribution in [3.05, 3.63) is 23.0 Å².